The highest BCUT2D eigenvalue weighted by molar-refractivity contribution is 7.99. The third kappa shape index (κ3) is 4.04. The summed E-state index contributed by atoms with van der Waals surface area (Å²) in [7, 11) is 0. The maximum Gasteiger partial charge on any atom is 0.188 e. The third-order valence-electron chi connectivity index (χ3n) is 2.81. The topological polar surface area (TPSA) is 51.8 Å². The summed E-state index contributed by atoms with van der Waals surface area (Å²) in [5.74, 6) is 0. The molecule has 1 aromatic carbocycles. The van der Waals surface area contributed by atoms with Crippen LogP contribution >= 0.6 is 11.8 Å². The second-order valence-corrected chi connectivity index (χ2v) is 5.70. The van der Waals surface area contributed by atoms with Crippen LogP contribution in [0.3, 0.4) is 0 Å². The van der Waals surface area contributed by atoms with Gasteiger partial charge in [0.15, 0.2) is 5.16 Å². The van der Waals surface area contributed by atoms with Crippen molar-refractivity contribution in [3.8, 4) is 0 Å². The molecule has 3 nitrogen and oxygen atoms in total. The highest BCUT2D eigenvalue weighted by Crippen LogP contribution is 2.35. The van der Waals surface area contributed by atoms with Gasteiger partial charge in [0.25, 0.3) is 0 Å². The number of hydrogen-bond donors (Lipinski definition) is 1. The number of nitrogens with two attached hydrogens (primary N) is 1. The number of rotatable bonds is 5. The molecule has 0 spiro atoms. The molecule has 0 fully saturated rings. The van der Waals surface area contributed by atoms with E-state index in [-0.39, 0.29) is 0 Å². The molecular formula is C15H19N3S. The van der Waals surface area contributed by atoms with Crippen LogP contribution in [0.5, 0.6) is 0 Å². The summed E-state index contributed by atoms with van der Waals surface area (Å²) in [6, 6.07) is 12.4. The van der Waals surface area contributed by atoms with Crippen LogP contribution in [0.1, 0.15) is 28.6 Å². The molecule has 0 radical (unpaired) electrons. The molecule has 0 bridgehead atoms. The van der Waals surface area contributed by atoms with E-state index in [9.17, 15) is 0 Å². The van der Waals surface area contributed by atoms with E-state index in [4.69, 9.17) is 5.73 Å². The Kier molecular flexibility index (Phi) is 4.93. The molecule has 1 heterocycles. The predicted octanol–water partition coefficient (Wildman–Crippen LogP) is 3.28. The van der Waals surface area contributed by atoms with Gasteiger partial charge in [-0.05, 0) is 38.4 Å². The predicted molar refractivity (Wildman–Crippen MR) is 80.2 cm³/mol. The van der Waals surface area contributed by atoms with Gasteiger partial charge in [0.1, 0.15) is 0 Å². The van der Waals surface area contributed by atoms with E-state index in [2.05, 4.69) is 34.2 Å². The van der Waals surface area contributed by atoms with Crippen LogP contribution in [0.25, 0.3) is 0 Å². The van der Waals surface area contributed by atoms with Crippen molar-refractivity contribution < 1.29 is 0 Å². The zero-order chi connectivity index (χ0) is 13.7. The number of benzene rings is 1. The van der Waals surface area contributed by atoms with E-state index in [1.807, 2.05) is 26.0 Å². The number of aromatic nitrogens is 2. The van der Waals surface area contributed by atoms with Crippen molar-refractivity contribution in [1.29, 1.82) is 0 Å². The Morgan fingerprint density at radius 1 is 1.11 bits per heavy atom. The molecule has 0 amide bonds. The summed E-state index contributed by atoms with van der Waals surface area (Å²) in [5, 5.41) is 1.15. The summed E-state index contributed by atoms with van der Waals surface area (Å²) in [6.45, 7) is 4.66. The Morgan fingerprint density at radius 3 is 2.32 bits per heavy atom. The highest BCUT2D eigenvalue weighted by atomic mass is 32.2. The van der Waals surface area contributed by atoms with Gasteiger partial charge in [-0.2, -0.15) is 0 Å². The minimum atomic E-state index is 0.312. The van der Waals surface area contributed by atoms with E-state index >= 15 is 0 Å². The summed E-state index contributed by atoms with van der Waals surface area (Å²) in [4.78, 5) is 8.99. The molecule has 0 aliphatic carbocycles. The molecule has 0 saturated carbocycles. The minimum absolute atomic E-state index is 0.312. The van der Waals surface area contributed by atoms with Crippen molar-refractivity contribution in [3.05, 3.63) is 53.3 Å². The van der Waals surface area contributed by atoms with Crippen LogP contribution in [0, 0.1) is 13.8 Å². The first-order chi connectivity index (χ1) is 9.19. The second-order valence-electron chi connectivity index (χ2n) is 4.53. The van der Waals surface area contributed by atoms with E-state index in [1.165, 1.54) is 5.56 Å². The molecule has 4 heteroatoms. The SMILES string of the molecule is Cc1cc(C)nc(SC(CCN)c2ccccc2)n1. The third-order valence-corrected chi connectivity index (χ3v) is 4.00. The first-order valence-electron chi connectivity index (χ1n) is 6.43. The smallest absolute Gasteiger partial charge is 0.188 e. The molecule has 1 aromatic heterocycles. The molecule has 2 N–H and O–H groups in total. The monoisotopic (exact) mass is 273 g/mol. The van der Waals surface area contributed by atoms with Gasteiger partial charge in [-0.25, -0.2) is 9.97 Å². The Balaban J connectivity index is 2.21. The molecule has 0 aliphatic rings. The largest absolute Gasteiger partial charge is 0.330 e. The molecule has 2 rings (SSSR count). The zero-order valence-corrected chi connectivity index (χ0v) is 12.2. The lowest BCUT2D eigenvalue weighted by molar-refractivity contribution is 0.803. The molecular weight excluding hydrogens is 254 g/mol. The van der Waals surface area contributed by atoms with E-state index in [0.717, 1.165) is 23.0 Å². The van der Waals surface area contributed by atoms with Gasteiger partial charge in [-0.1, -0.05) is 42.1 Å². The van der Waals surface area contributed by atoms with Gasteiger partial charge in [0, 0.05) is 16.6 Å². The van der Waals surface area contributed by atoms with E-state index in [1.54, 1.807) is 11.8 Å². The summed E-state index contributed by atoms with van der Waals surface area (Å²) >= 11 is 1.69. The van der Waals surface area contributed by atoms with Crippen molar-refractivity contribution in [2.24, 2.45) is 5.73 Å². The van der Waals surface area contributed by atoms with Gasteiger partial charge >= 0.3 is 0 Å². The molecule has 1 unspecified atom stereocenters. The lowest BCUT2D eigenvalue weighted by atomic mass is 10.1. The normalized spacial score (nSPS) is 12.4. The fourth-order valence-corrected chi connectivity index (χ4v) is 3.18. The Labute approximate surface area is 118 Å². The van der Waals surface area contributed by atoms with Crippen molar-refractivity contribution in [3.63, 3.8) is 0 Å². The molecule has 100 valence electrons. The summed E-state index contributed by atoms with van der Waals surface area (Å²) in [5.41, 5.74) is 9.02. The van der Waals surface area contributed by atoms with E-state index in [0.29, 0.717) is 11.8 Å². The fourth-order valence-electron chi connectivity index (χ4n) is 1.99. The van der Waals surface area contributed by atoms with Gasteiger partial charge in [-0.15, -0.1) is 0 Å². The van der Waals surface area contributed by atoms with E-state index < -0.39 is 0 Å². The minimum Gasteiger partial charge on any atom is -0.330 e. The van der Waals surface area contributed by atoms with Crippen LogP contribution in [0.2, 0.25) is 0 Å². The van der Waals surface area contributed by atoms with Crippen LogP contribution in [0.15, 0.2) is 41.6 Å². The highest BCUT2D eigenvalue weighted by Gasteiger charge is 2.14. The zero-order valence-electron chi connectivity index (χ0n) is 11.3. The first-order valence-corrected chi connectivity index (χ1v) is 7.31. The number of nitrogens with zero attached hydrogens (tertiary/aromatic N) is 2. The fraction of sp³-hybridized carbons (Fsp3) is 0.333. The van der Waals surface area contributed by atoms with Gasteiger partial charge in [-0.3, -0.25) is 0 Å². The van der Waals surface area contributed by atoms with Crippen LogP contribution in [0.4, 0.5) is 0 Å². The lowest BCUT2D eigenvalue weighted by Gasteiger charge is -2.15. The average Bonchev–Trinajstić information content (AvgIpc) is 2.38. The van der Waals surface area contributed by atoms with Crippen LogP contribution < -0.4 is 5.73 Å². The first kappa shape index (κ1) is 14.0. The van der Waals surface area contributed by atoms with Crippen molar-refractivity contribution >= 4 is 11.8 Å². The molecule has 2 aromatic rings. The van der Waals surface area contributed by atoms with Crippen molar-refractivity contribution in [2.75, 3.05) is 6.54 Å². The standard InChI is InChI=1S/C15H19N3S/c1-11-10-12(2)18-15(17-11)19-14(8-9-16)13-6-4-3-5-7-13/h3-7,10,14H,8-9,16H2,1-2H3. The lowest BCUT2D eigenvalue weighted by Crippen LogP contribution is -2.06. The summed E-state index contributed by atoms with van der Waals surface area (Å²) < 4.78 is 0. The second kappa shape index (κ2) is 6.68. The van der Waals surface area contributed by atoms with Gasteiger partial charge in [0.05, 0.1) is 0 Å². The Bertz CT molecular complexity index is 508. The molecule has 0 saturated heterocycles. The van der Waals surface area contributed by atoms with Gasteiger partial charge < -0.3 is 5.73 Å². The number of aryl methyl sites for hydroxylation is 2. The maximum absolute atomic E-state index is 5.73. The van der Waals surface area contributed by atoms with Crippen molar-refractivity contribution in [2.45, 2.75) is 30.7 Å². The molecule has 19 heavy (non-hydrogen) atoms. The number of hydrogen-bond acceptors (Lipinski definition) is 4. The van der Waals surface area contributed by atoms with Crippen LogP contribution in [-0.4, -0.2) is 16.5 Å². The Hall–Kier alpha value is -1.39. The summed E-state index contributed by atoms with van der Waals surface area (Å²) in [6.07, 6.45) is 0.922. The Morgan fingerprint density at radius 2 is 1.74 bits per heavy atom. The molecule has 1 atom stereocenters. The maximum atomic E-state index is 5.73. The average molecular weight is 273 g/mol. The van der Waals surface area contributed by atoms with Crippen LogP contribution in [-0.2, 0) is 0 Å². The molecule has 0 aliphatic heterocycles. The van der Waals surface area contributed by atoms with Gasteiger partial charge in [0.2, 0.25) is 0 Å². The van der Waals surface area contributed by atoms with Crippen molar-refractivity contribution in [1.82, 2.24) is 9.97 Å². The number of thioether (sulfide) groups is 1. The quantitative estimate of drug-likeness (QED) is 0.671.